The van der Waals surface area contributed by atoms with Crippen molar-refractivity contribution >= 4 is 5.91 Å². The third-order valence-electron chi connectivity index (χ3n) is 3.56. The molecule has 1 aliphatic rings. The number of hydrogen-bond acceptors (Lipinski definition) is 5. The summed E-state index contributed by atoms with van der Waals surface area (Å²) in [7, 11) is 0. The number of carbonyl (C=O) groups is 1. The summed E-state index contributed by atoms with van der Waals surface area (Å²) in [6.07, 6.45) is 2.11. The Kier molecular flexibility index (Phi) is 4.99. The lowest BCUT2D eigenvalue weighted by atomic mass is 10.2. The van der Waals surface area contributed by atoms with Gasteiger partial charge in [-0.25, -0.2) is 9.37 Å². The molecule has 1 aliphatic heterocycles. The lowest BCUT2D eigenvalue weighted by Crippen LogP contribution is -2.51. The van der Waals surface area contributed by atoms with E-state index in [9.17, 15) is 9.18 Å². The molecule has 2 N–H and O–H groups in total. The molecule has 1 amide bonds. The molecule has 0 spiro atoms. The zero-order valence-electron chi connectivity index (χ0n) is 12.5. The Morgan fingerprint density at radius 1 is 1.39 bits per heavy atom. The number of amides is 1. The maximum atomic E-state index is 12.9. The molecule has 122 valence electrons. The minimum absolute atomic E-state index is 0.0769. The molecule has 6 nitrogen and oxygen atoms in total. The van der Waals surface area contributed by atoms with Crippen molar-refractivity contribution in [1.82, 2.24) is 15.6 Å². The summed E-state index contributed by atoms with van der Waals surface area (Å²) in [5, 5.41) is 5.94. The fourth-order valence-corrected chi connectivity index (χ4v) is 2.32. The predicted molar refractivity (Wildman–Crippen MR) is 81.2 cm³/mol. The fourth-order valence-electron chi connectivity index (χ4n) is 2.32. The van der Waals surface area contributed by atoms with Crippen LogP contribution in [0.4, 0.5) is 4.39 Å². The van der Waals surface area contributed by atoms with Crippen LogP contribution in [0.3, 0.4) is 0 Å². The normalized spacial score (nSPS) is 17.9. The van der Waals surface area contributed by atoms with E-state index < -0.39 is 0 Å². The van der Waals surface area contributed by atoms with Gasteiger partial charge in [0.2, 0.25) is 11.8 Å². The van der Waals surface area contributed by atoms with Crippen LogP contribution in [-0.2, 0) is 16.0 Å². The van der Waals surface area contributed by atoms with Crippen LogP contribution in [0, 0.1) is 5.82 Å². The second kappa shape index (κ2) is 7.34. The largest absolute Gasteiger partial charge is 0.444 e. The van der Waals surface area contributed by atoms with E-state index in [4.69, 9.17) is 9.15 Å². The third-order valence-corrected chi connectivity index (χ3v) is 3.56. The molecule has 1 fully saturated rings. The van der Waals surface area contributed by atoms with Gasteiger partial charge in [-0.2, -0.15) is 0 Å². The maximum absolute atomic E-state index is 12.9. The van der Waals surface area contributed by atoms with Crippen molar-refractivity contribution in [3.05, 3.63) is 42.0 Å². The molecular formula is C16H18FN3O3. The summed E-state index contributed by atoms with van der Waals surface area (Å²) in [4.78, 5) is 16.3. The molecule has 1 saturated heterocycles. The van der Waals surface area contributed by atoms with Gasteiger partial charge in [0, 0.05) is 25.1 Å². The first-order valence-electron chi connectivity index (χ1n) is 7.51. The minimum Gasteiger partial charge on any atom is -0.444 e. The number of rotatable bonds is 5. The van der Waals surface area contributed by atoms with Crippen molar-refractivity contribution in [2.24, 2.45) is 0 Å². The molecule has 2 aromatic rings. The molecule has 2 heterocycles. The van der Waals surface area contributed by atoms with E-state index in [2.05, 4.69) is 15.6 Å². The second-order valence-electron chi connectivity index (χ2n) is 5.27. The first-order valence-corrected chi connectivity index (χ1v) is 7.51. The van der Waals surface area contributed by atoms with Gasteiger partial charge in [0.15, 0.2) is 0 Å². The van der Waals surface area contributed by atoms with E-state index in [0.717, 1.165) is 5.69 Å². The third kappa shape index (κ3) is 4.14. The van der Waals surface area contributed by atoms with Crippen LogP contribution in [0.5, 0.6) is 0 Å². The maximum Gasteiger partial charge on any atom is 0.239 e. The highest BCUT2D eigenvalue weighted by Gasteiger charge is 2.20. The van der Waals surface area contributed by atoms with Crippen LogP contribution in [0.1, 0.15) is 5.69 Å². The van der Waals surface area contributed by atoms with Gasteiger partial charge in [0.05, 0.1) is 18.9 Å². The Balaban J connectivity index is 1.49. The monoisotopic (exact) mass is 319 g/mol. The van der Waals surface area contributed by atoms with Gasteiger partial charge in [-0.3, -0.25) is 4.79 Å². The van der Waals surface area contributed by atoms with Crippen molar-refractivity contribution in [1.29, 1.82) is 0 Å². The minimum atomic E-state index is -0.302. The van der Waals surface area contributed by atoms with E-state index in [0.29, 0.717) is 44.2 Å². The van der Waals surface area contributed by atoms with Gasteiger partial charge in [-0.15, -0.1) is 0 Å². The number of morpholine rings is 1. The van der Waals surface area contributed by atoms with Crippen LogP contribution in [0.15, 0.2) is 34.9 Å². The van der Waals surface area contributed by atoms with E-state index in [1.54, 1.807) is 18.4 Å². The lowest BCUT2D eigenvalue weighted by molar-refractivity contribution is -0.125. The molecule has 1 aromatic carbocycles. The van der Waals surface area contributed by atoms with E-state index in [1.165, 1.54) is 12.1 Å². The van der Waals surface area contributed by atoms with Crippen molar-refractivity contribution in [3.8, 4) is 11.5 Å². The molecule has 3 rings (SSSR count). The lowest BCUT2D eigenvalue weighted by Gasteiger charge is -2.22. The fraction of sp³-hybridized carbons (Fsp3) is 0.375. The van der Waals surface area contributed by atoms with Gasteiger partial charge in [0.25, 0.3) is 0 Å². The molecule has 0 aliphatic carbocycles. The number of nitrogens with one attached hydrogen (secondary N) is 2. The molecule has 0 radical (unpaired) electrons. The van der Waals surface area contributed by atoms with Crippen LogP contribution < -0.4 is 10.6 Å². The Labute approximate surface area is 133 Å². The molecule has 1 aromatic heterocycles. The summed E-state index contributed by atoms with van der Waals surface area (Å²) in [6, 6.07) is 5.65. The van der Waals surface area contributed by atoms with Crippen LogP contribution in [0.2, 0.25) is 0 Å². The first-order chi connectivity index (χ1) is 11.2. The number of oxazole rings is 1. The number of benzene rings is 1. The zero-order valence-corrected chi connectivity index (χ0v) is 12.5. The number of aromatic nitrogens is 1. The number of halogens is 1. The topological polar surface area (TPSA) is 76.4 Å². The summed E-state index contributed by atoms with van der Waals surface area (Å²) >= 11 is 0. The van der Waals surface area contributed by atoms with Crippen molar-refractivity contribution in [3.63, 3.8) is 0 Å². The molecule has 0 bridgehead atoms. The average Bonchev–Trinajstić information content (AvgIpc) is 3.05. The number of hydrogen-bond donors (Lipinski definition) is 2. The summed E-state index contributed by atoms with van der Waals surface area (Å²) in [6.45, 7) is 2.17. The highest BCUT2D eigenvalue weighted by atomic mass is 19.1. The SMILES string of the molecule is O=C(NCCc1coc(-c2ccc(F)cc2)n1)C1COCCN1. The van der Waals surface area contributed by atoms with E-state index in [-0.39, 0.29) is 17.8 Å². The van der Waals surface area contributed by atoms with E-state index >= 15 is 0 Å². The second-order valence-corrected chi connectivity index (χ2v) is 5.27. The summed E-state index contributed by atoms with van der Waals surface area (Å²) < 4.78 is 23.5. The Morgan fingerprint density at radius 3 is 2.96 bits per heavy atom. The highest BCUT2D eigenvalue weighted by Crippen LogP contribution is 2.18. The predicted octanol–water partition coefficient (Wildman–Crippen LogP) is 1.13. The molecule has 1 unspecified atom stereocenters. The average molecular weight is 319 g/mol. The zero-order chi connectivity index (χ0) is 16.1. The van der Waals surface area contributed by atoms with Gasteiger partial charge < -0.3 is 19.8 Å². The molecule has 0 saturated carbocycles. The van der Waals surface area contributed by atoms with Crippen molar-refractivity contribution < 1.29 is 18.3 Å². The quantitative estimate of drug-likeness (QED) is 0.864. The van der Waals surface area contributed by atoms with Crippen LogP contribution in [-0.4, -0.2) is 43.2 Å². The molecule has 1 atom stereocenters. The Hall–Kier alpha value is -2.25. The van der Waals surface area contributed by atoms with Gasteiger partial charge in [-0.05, 0) is 24.3 Å². The van der Waals surface area contributed by atoms with E-state index in [1.807, 2.05) is 0 Å². The Bertz CT molecular complexity index is 651. The van der Waals surface area contributed by atoms with Crippen LogP contribution >= 0.6 is 0 Å². The first kappa shape index (κ1) is 15.6. The number of nitrogens with zero attached hydrogens (tertiary/aromatic N) is 1. The van der Waals surface area contributed by atoms with Crippen molar-refractivity contribution in [2.45, 2.75) is 12.5 Å². The molecule has 7 heteroatoms. The van der Waals surface area contributed by atoms with Crippen molar-refractivity contribution in [2.75, 3.05) is 26.3 Å². The summed E-state index contributed by atoms with van der Waals surface area (Å²) in [5.41, 5.74) is 1.45. The van der Waals surface area contributed by atoms with Gasteiger partial charge >= 0.3 is 0 Å². The highest BCUT2D eigenvalue weighted by molar-refractivity contribution is 5.81. The van der Waals surface area contributed by atoms with Crippen LogP contribution in [0.25, 0.3) is 11.5 Å². The molecular weight excluding hydrogens is 301 g/mol. The molecule has 23 heavy (non-hydrogen) atoms. The smallest absolute Gasteiger partial charge is 0.239 e. The van der Waals surface area contributed by atoms with Gasteiger partial charge in [-0.1, -0.05) is 0 Å². The standard InChI is InChI=1S/C16H18FN3O3/c17-12-3-1-11(2-4-12)16-20-13(9-23-16)5-6-19-15(21)14-10-22-8-7-18-14/h1-4,9,14,18H,5-8,10H2,(H,19,21). The Morgan fingerprint density at radius 2 is 2.22 bits per heavy atom. The number of ether oxygens (including phenoxy) is 1. The number of carbonyl (C=O) groups excluding carboxylic acids is 1. The van der Waals surface area contributed by atoms with Gasteiger partial charge in [0.1, 0.15) is 18.1 Å². The summed E-state index contributed by atoms with van der Waals surface area (Å²) in [5.74, 6) is 0.0594.